The monoisotopic (exact) mass is 434 g/mol. The Morgan fingerprint density at radius 2 is 1.48 bits per heavy atom. The molecule has 2 aromatic rings. The van der Waals surface area contributed by atoms with Crippen molar-refractivity contribution in [2.45, 2.75) is 89.9 Å². The Kier molecular flexibility index (Phi) is 7.23. The number of fused-ring (bicyclic) bond motifs is 2. The van der Waals surface area contributed by atoms with E-state index in [1.54, 1.807) is 6.07 Å². The summed E-state index contributed by atoms with van der Waals surface area (Å²) in [6, 6.07) is 3.92. The molecule has 4 rings (SSSR count). The smallest absolute Gasteiger partial charge is 0.195 e. The molecule has 4 heteroatoms. The van der Waals surface area contributed by atoms with Crippen LogP contribution in [-0.2, 0) is 0 Å². The van der Waals surface area contributed by atoms with Gasteiger partial charge in [0.25, 0.3) is 0 Å². The van der Waals surface area contributed by atoms with Crippen molar-refractivity contribution in [1.29, 1.82) is 0 Å². The van der Waals surface area contributed by atoms with Crippen molar-refractivity contribution in [2.75, 3.05) is 0 Å². The maximum Gasteiger partial charge on any atom is 0.195 e. The van der Waals surface area contributed by atoms with E-state index in [0.717, 1.165) is 42.7 Å². The van der Waals surface area contributed by atoms with E-state index in [1.165, 1.54) is 63.9 Å². The predicted molar refractivity (Wildman–Crippen MR) is 118 cm³/mol. The molecule has 2 aliphatic rings. The summed E-state index contributed by atoms with van der Waals surface area (Å²) in [6.45, 7) is 2.25. The van der Waals surface area contributed by atoms with E-state index in [9.17, 15) is 17.6 Å². The van der Waals surface area contributed by atoms with Crippen molar-refractivity contribution in [1.82, 2.24) is 0 Å². The summed E-state index contributed by atoms with van der Waals surface area (Å²) in [5.41, 5.74) is 0.798. The van der Waals surface area contributed by atoms with E-state index < -0.39 is 28.7 Å². The summed E-state index contributed by atoms with van der Waals surface area (Å²) < 4.78 is 55.9. The fraction of sp³-hybridized carbons (Fsp3) is 0.630. The molecular weight excluding hydrogens is 400 g/mol. The standard InChI is InChI=1S/C27H34F4/c1-2-3-4-5-6-7-17-8-9-19-13-20(11-10-18(19)12-17)21-14-22-16-24(29)26(30)27(31)25(22)23(28)15-21/h14-20H,2-13H2,1H3/t17-,18?,19-,20?/m1/s1. The molecule has 31 heavy (non-hydrogen) atoms. The molecule has 0 spiro atoms. The molecule has 2 fully saturated rings. The Labute approximate surface area is 183 Å². The number of hydrogen-bond acceptors (Lipinski definition) is 0. The lowest BCUT2D eigenvalue weighted by Gasteiger charge is -2.42. The SMILES string of the molecule is CCCCCCC[C@@H]1CC[C@@H]2CC(c3cc(F)c4c(F)c(F)c(F)cc4c3)CCC2C1. The molecule has 2 unspecified atom stereocenters. The first-order valence-corrected chi connectivity index (χ1v) is 12.2. The van der Waals surface area contributed by atoms with E-state index in [-0.39, 0.29) is 11.3 Å². The molecule has 2 aliphatic carbocycles. The van der Waals surface area contributed by atoms with Crippen LogP contribution in [0.4, 0.5) is 17.6 Å². The summed E-state index contributed by atoms with van der Waals surface area (Å²) in [6.07, 6.45) is 15.1. The summed E-state index contributed by atoms with van der Waals surface area (Å²) in [7, 11) is 0. The number of halogens is 4. The van der Waals surface area contributed by atoms with E-state index in [0.29, 0.717) is 5.92 Å². The minimum Gasteiger partial charge on any atom is -0.206 e. The van der Waals surface area contributed by atoms with Crippen LogP contribution < -0.4 is 0 Å². The second kappa shape index (κ2) is 9.92. The highest BCUT2D eigenvalue weighted by molar-refractivity contribution is 5.84. The van der Waals surface area contributed by atoms with Gasteiger partial charge in [-0.3, -0.25) is 0 Å². The third kappa shape index (κ3) is 4.93. The second-order valence-electron chi connectivity index (χ2n) is 10.00. The number of hydrogen-bond donors (Lipinski definition) is 0. The first-order chi connectivity index (χ1) is 15.0. The average Bonchev–Trinajstić information content (AvgIpc) is 2.76. The Morgan fingerprint density at radius 3 is 2.29 bits per heavy atom. The van der Waals surface area contributed by atoms with Crippen molar-refractivity contribution in [3.8, 4) is 0 Å². The van der Waals surface area contributed by atoms with E-state index >= 15 is 0 Å². The van der Waals surface area contributed by atoms with E-state index in [4.69, 9.17) is 0 Å². The third-order valence-corrected chi connectivity index (χ3v) is 7.96. The predicted octanol–water partition coefficient (Wildman–Crippen LogP) is 9.06. The molecule has 0 amide bonds. The fourth-order valence-corrected chi connectivity index (χ4v) is 6.23. The molecular formula is C27H34F4. The topological polar surface area (TPSA) is 0 Å². The zero-order valence-electron chi connectivity index (χ0n) is 18.5. The van der Waals surface area contributed by atoms with Gasteiger partial charge in [0.2, 0.25) is 0 Å². The normalized spacial score (nSPS) is 26.2. The molecule has 0 aromatic heterocycles. The van der Waals surface area contributed by atoms with Gasteiger partial charge < -0.3 is 0 Å². The van der Waals surface area contributed by atoms with Gasteiger partial charge >= 0.3 is 0 Å². The minimum absolute atomic E-state index is 0.111. The van der Waals surface area contributed by atoms with Crippen LogP contribution in [0.15, 0.2) is 18.2 Å². The lowest BCUT2D eigenvalue weighted by molar-refractivity contribution is 0.113. The Hall–Kier alpha value is -1.58. The summed E-state index contributed by atoms with van der Waals surface area (Å²) in [5, 5.41) is -0.337. The van der Waals surface area contributed by atoms with Crippen molar-refractivity contribution in [3.63, 3.8) is 0 Å². The lowest BCUT2D eigenvalue weighted by atomic mass is 9.63. The molecule has 4 atom stereocenters. The van der Waals surface area contributed by atoms with E-state index in [1.807, 2.05) is 0 Å². The highest BCUT2D eigenvalue weighted by Crippen LogP contribution is 2.49. The van der Waals surface area contributed by atoms with Gasteiger partial charge in [0.1, 0.15) is 5.82 Å². The van der Waals surface area contributed by atoms with Gasteiger partial charge in [-0.25, -0.2) is 17.6 Å². The molecule has 0 nitrogen and oxygen atoms in total. The largest absolute Gasteiger partial charge is 0.206 e. The van der Waals surface area contributed by atoms with Crippen LogP contribution in [0.2, 0.25) is 0 Å². The molecule has 0 N–H and O–H groups in total. The van der Waals surface area contributed by atoms with Gasteiger partial charge in [0.05, 0.1) is 5.39 Å². The molecule has 0 heterocycles. The van der Waals surface area contributed by atoms with E-state index in [2.05, 4.69) is 6.92 Å². The fourth-order valence-electron chi connectivity index (χ4n) is 6.23. The van der Waals surface area contributed by atoms with Crippen LogP contribution in [0, 0.1) is 41.0 Å². The van der Waals surface area contributed by atoms with Gasteiger partial charge in [-0.2, -0.15) is 0 Å². The van der Waals surface area contributed by atoms with Crippen LogP contribution in [-0.4, -0.2) is 0 Å². The summed E-state index contributed by atoms with van der Waals surface area (Å²) in [4.78, 5) is 0. The first kappa shape index (κ1) is 22.6. The molecule has 2 aromatic carbocycles. The zero-order chi connectivity index (χ0) is 22.0. The molecule has 0 radical (unpaired) electrons. The van der Waals surface area contributed by atoms with Gasteiger partial charge in [-0.15, -0.1) is 0 Å². The summed E-state index contributed by atoms with van der Waals surface area (Å²) in [5.74, 6) is -2.61. The van der Waals surface area contributed by atoms with Crippen LogP contribution in [0.3, 0.4) is 0 Å². The third-order valence-electron chi connectivity index (χ3n) is 7.96. The highest BCUT2D eigenvalue weighted by atomic mass is 19.2. The number of benzene rings is 2. The van der Waals surface area contributed by atoms with Gasteiger partial charge in [-0.1, -0.05) is 57.9 Å². The van der Waals surface area contributed by atoms with Crippen LogP contribution >= 0.6 is 0 Å². The van der Waals surface area contributed by atoms with Crippen molar-refractivity contribution >= 4 is 10.8 Å². The summed E-state index contributed by atoms with van der Waals surface area (Å²) >= 11 is 0. The average molecular weight is 435 g/mol. The Balaban J connectivity index is 1.40. The van der Waals surface area contributed by atoms with Gasteiger partial charge in [0.15, 0.2) is 17.5 Å². The van der Waals surface area contributed by atoms with Crippen molar-refractivity contribution in [2.24, 2.45) is 17.8 Å². The quantitative estimate of drug-likeness (QED) is 0.232. The first-order valence-electron chi connectivity index (χ1n) is 12.2. The lowest BCUT2D eigenvalue weighted by Crippen LogP contribution is -2.30. The molecule has 2 saturated carbocycles. The highest BCUT2D eigenvalue weighted by Gasteiger charge is 2.36. The minimum atomic E-state index is -1.61. The Bertz CT molecular complexity index is 906. The Morgan fingerprint density at radius 1 is 0.742 bits per heavy atom. The second-order valence-corrected chi connectivity index (χ2v) is 10.00. The molecule has 170 valence electrons. The van der Waals surface area contributed by atoms with Crippen molar-refractivity contribution < 1.29 is 17.6 Å². The number of rotatable bonds is 7. The number of unbranched alkanes of at least 4 members (excludes halogenated alkanes) is 4. The maximum absolute atomic E-state index is 14.6. The van der Waals surface area contributed by atoms with Gasteiger partial charge in [0, 0.05) is 0 Å². The molecule has 0 saturated heterocycles. The zero-order valence-corrected chi connectivity index (χ0v) is 18.5. The molecule has 0 bridgehead atoms. The van der Waals surface area contributed by atoms with Crippen LogP contribution in [0.1, 0.15) is 95.5 Å². The maximum atomic E-state index is 14.6. The van der Waals surface area contributed by atoms with Crippen LogP contribution in [0.25, 0.3) is 10.8 Å². The molecule has 0 aliphatic heterocycles. The van der Waals surface area contributed by atoms with Crippen LogP contribution in [0.5, 0.6) is 0 Å². The van der Waals surface area contributed by atoms with Gasteiger partial charge in [-0.05, 0) is 78.9 Å². The van der Waals surface area contributed by atoms with Crippen molar-refractivity contribution in [3.05, 3.63) is 47.0 Å².